The van der Waals surface area contributed by atoms with Gasteiger partial charge in [-0.05, 0) is 44.7 Å². The number of anilines is 1. The van der Waals surface area contributed by atoms with Gasteiger partial charge >= 0.3 is 5.97 Å². The smallest absolute Gasteiger partial charge is 0.309 e. The zero-order valence-corrected chi connectivity index (χ0v) is 24.2. The SMILES string of the molecule is CCOC(=O)C1CCN(C(=O)c2ccc(CSc3nc(-c4ccccc4)cc(N(C)C4CCCCC4)n3)o2)CC1. The molecule has 0 atom stereocenters. The lowest BCUT2D eigenvalue weighted by atomic mass is 9.94. The fraction of sp³-hybridized carbons (Fsp3) is 0.484. The van der Waals surface area contributed by atoms with E-state index in [4.69, 9.17) is 19.1 Å². The highest BCUT2D eigenvalue weighted by Gasteiger charge is 2.30. The van der Waals surface area contributed by atoms with Gasteiger partial charge < -0.3 is 19.0 Å². The monoisotopic (exact) mass is 562 g/mol. The molecule has 1 saturated heterocycles. The fourth-order valence-electron chi connectivity index (χ4n) is 5.51. The molecule has 1 aliphatic carbocycles. The van der Waals surface area contributed by atoms with Crippen LogP contribution in [-0.2, 0) is 15.3 Å². The predicted molar refractivity (Wildman–Crippen MR) is 156 cm³/mol. The summed E-state index contributed by atoms with van der Waals surface area (Å²) in [4.78, 5) is 38.9. The lowest BCUT2D eigenvalue weighted by Crippen LogP contribution is -2.40. The molecule has 3 aromatic rings. The van der Waals surface area contributed by atoms with E-state index in [-0.39, 0.29) is 17.8 Å². The molecule has 1 aliphatic heterocycles. The van der Waals surface area contributed by atoms with Crippen LogP contribution in [0, 0.1) is 5.92 Å². The van der Waals surface area contributed by atoms with E-state index >= 15 is 0 Å². The minimum atomic E-state index is -0.168. The molecule has 212 valence electrons. The van der Waals surface area contributed by atoms with Gasteiger partial charge in [-0.1, -0.05) is 61.4 Å². The van der Waals surface area contributed by atoms with Gasteiger partial charge in [0.1, 0.15) is 11.6 Å². The van der Waals surface area contributed by atoms with Crippen LogP contribution in [0.3, 0.4) is 0 Å². The standard InChI is InChI=1S/C31H38N4O4S/c1-3-38-30(37)23-16-18-35(19-17-23)29(36)27-15-14-25(39-27)21-40-31-32-26(22-10-6-4-7-11-22)20-28(33-31)34(2)24-12-8-5-9-13-24/h4,6-7,10-11,14-15,20,23-24H,3,5,8-9,12-13,16-19,21H2,1-2H3. The number of carbonyl (C=O) groups excluding carboxylic acids is 2. The lowest BCUT2D eigenvalue weighted by Gasteiger charge is -2.32. The summed E-state index contributed by atoms with van der Waals surface area (Å²) in [7, 11) is 2.14. The Morgan fingerprint density at radius 1 is 1.02 bits per heavy atom. The van der Waals surface area contributed by atoms with Gasteiger partial charge in [0, 0.05) is 37.8 Å². The van der Waals surface area contributed by atoms with E-state index in [1.165, 1.54) is 43.9 Å². The molecule has 3 heterocycles. The molecule has 0 N–H and O–H groups in total. The number of thioether (sulfide) groups is 1. The molecule has 5 rings (SSSR count). The van der Waals surface area contributed by atoms with Crippen LogP contribution in [0.2, 0.25) is 0 Å². The van der Waals surface area contributed by atoms with Gasteiger partial charge in [0.25, 0.3) is 5.91 Å². The second-order valence-electron chi connectivity index (χ2n) is 10.5. The molecule has 2 aliphatic rings. The molecule has 2 aromatic heterocycles. The quantitative estimate of drug-likeness (QED) is 0.173. The van der Waals surface area contributed by atoms with E-state index in [0.29, 0.717) is 61.0 Å². The zero-order valence-electron chi connectivity index (χ0n) is 23.4. The second kappa shape index (κ2) is 13.4. The number of esters is 1. The Bertz CT molecular complexity index is 1280. The van der Waals surface area contributed by atoms with Crippen LogP contribution >= 0.6 is 11.8 Å². The zero-order chi connectivity index (χ0) is 27.9. The maximum atomic E-state index is 13.0. The molecule has 2 fully saturated rings. The number of nitrogens with zero attached hydrogens (tertiary/aromatic N) is 4. The minimum absolute atomic E-state index is 0.138. The van der Waals surface area contributed by atoms with Crippen LogP contribution in [0.4, 0.5) is 5.82 Å². The van der Waals surface area contributed by atoms with Crippen molar-refractivity contribution in [1.29, 1.82) is 0 Å². The first kappa shape index (κ1) is 28.2. The van der Waals surface area contributed by atoms with Gasteiger partial charge in [0.15, 0.2) is 10.9 Å². The average Bonchev–Trinajstić information content (AvgIpc) is 3.49. The van der Waals surface area contributed by atoms with Crippen molar-refractivity contribution in [3.8, 4) is 11.3 Å². The molecule has 1 amide bonds. The average molecular weight is 563 g/mol. The first-order valence-electron chi connectivity index (χ1n) is 14.4. The predicted octanol–water partition coefficient (Wildman–Crippen LogP) is 6.21. The molecule has 0 unspecified atom stereocenters. The van der Waals surface area contributed by atoms with E-state index in [2.05, 4.69) is 30.1 Å². The minimum Gasteiger partial charge on any atom is -0.466 e. The normalized spacial score (nSPS) is 16.6. The van der Waals surface area contributed by atoms with Crippen LogP contribution in [-0.4, -0.2) is 59.5 Å². The number of amides is 1. The van der Waals surface area contributed by atoms with Gasteiger partial charge in [-0.3, -0.25) is 9.59 Å². The van der Waals surface area contributed by atoms with Crippen molar-refractivity contribution in [1.82, 2.24) is 14.9 Å². The number of rotatable bonds is 9. The molecule has 1 saturated carbocycles. The Labute approximate surface area is 240 Å². The Balaban J connectivity index is 1.25. The van der Waals surface area contributed by atoms with Crippen molar-refractivity contribution in [2.24, 2.45) is 5.92 Å². The number of likely N-dealkylation sites (tertiary alicyclic amines) is 1. The summed E-state index contributed by atoms with van der Waals surface area (Å²) in [5, 5.41) is 0.685. The van der Waals surface area contributed by atoms with Crippen LogP contribution < -0.4 is 4.90 Å². The third-order valence-corrected chi connectivity index (χ3v) is 8.73. The number of hydrogen-bond donors (Lipinski definition) is 0. The molecule has 8 nitrogen and oxygen atoms in total. The van der Waals surface area contributed by atoms with E-state index < -0.39 is 0 Å². The summed E-state index contributed by atoms with van der Waals surface area (Å²) in [5.41, 5.74) is 1.96. The summed E-state index contributed by atoms with van der Waals surface area (Å²) in [6.07, 6.45) is 7.43. The van der Waals surface area contributed by atoms with E-state index in [9.17, 15) is 9.59 Å². The molecule has 0 bridgehead atoms. The van der Waals surface area contributed by atoms with Gasteiger partial charge in [-0.15, -0.1) is 0 Å². The van der Waals surface area contributed by atoms with Crippen LogP contribution in [0.5, 0.6) is 0 Å². The summed E-state index contributed by atoms with van der Waals surface area (Å²) in [6.45, 7) is 3.23. The first-order valence-corrected chi connectivity index (χ1v) is 15.3. The van der Waals surface area contributed by atoms with Gasteiger partial charge in [0.05, 0.1) is 24.0 Å². The number of furan rings is 1. The third-order valence-electron chi connectivity index (χ3n) is 7.86. The summed E-state index contributed by atoms with van der Waals surface area (Å²) in [6, 6.07) is 16.4. The molecule has 1 aromatic carbocycles. The number of hydrogen-bond acceptors (Lipinski definition) is 8. The molecule has 9 heteroatoms. The third kappa shape index (κ3) is 6.86. The van der Waals surface area contributed by atoms with Crippen LogP contribution in [0.25, 0.3) is 11.3 Å². The molecule has 0 radical (unpaired) electrons. The van der Waals surface area contributed by atoms with Crippen molar-refractivity contribution in [3.63, 3.8) is 0 Å². The lowest BCUT2D eigenvalue weighted by molar-refractivity contribution is -0.149. The largest absolute Gasteiger partial charge is 0.466 e. The van der Waals surface area contributed by atoms with E-state index in [1.807, 2.05) is 31.2 Å². The summed E-state index contributed by atoms with van der Waals surface area (Å²) in [5.74, 6) is 2.03. The number of carbonyl (C=O) groups is 2. The highest BCUT2D eigenvalue weighted by molar-refractivity contribution is 7.98. The Kier molecular flexibility index (Phi) is 9.41. The Morgan fingerprint density at radius 3 is 2.50 bits per heavy atom. The van der Waals surface area contributed by atoms with Gasteiger partial charge in [-0.25, -0.2) is 9.97 Å². The number of aromatic nitrogens is 2. The highest BCUT2D eigenvalue weighted by Crippen LogP contribution is 2.31. The maximum absolute atomic E-state index is 13.0. The number of benzene rings is 1. The molecule has 40 heavy (non-hydrogen) atoms. The van der Waals surface area contributed by atoms with Crippen molar-refractivity contribution in [2.75, 3.05) is 31.6 Å². The Morgan fingerprint density at radius 2 is 1.77 bits per heavy atom. The van der Waals surface area contributed by atoms with Gasteiger partial charge in [0.2, 0.25) is 0 Å². The summed E-state index contributed by atoms with van der Waals surface area (Å²) >= 11 is 1.51. The first-order chi connectivity index (χ1) is 19.5. The molecular weight excluding hydrogens is 524 g/mol. The highest BCUT2D eigenvalue weighted by atomic mass is 32.2. The second-order valence-corrected chi connectivity index (χ2v) is 11.5. The molecular formula is C31H38N4O4S. The topological polar surface area (TPSA) is 88.8 Å². The summed E-state index contributed by atoms with van der Waals surface area (Å²) < 4.78 is 11.1. The van der Waals surface area contributed by atoms with Crippen molar-refractivity contribution in [2.45, 2.75) is 68.8 Å². The van der Waals surface area contributed by atoms with Crippen molar-refractivity contribution in [3.05, 3.63) is 60.1 Å². The fourth-order valence-corrected chi connectivity index (χ4v) is 6.26. The number of ether oxygens (including phenoxy) is 1. The number of piperidine rings is 1. The van der Waals surface area contributed by atoms with Crippen LogP contribution in [0.1, 0.15) is 68.2 Å². The van der Waals surface area contributed by atoms with Crippen molar-refractivity contribution >= 4 is 29.5 Å². The van der Waals surface area contributed by atoms with Crippen LogP contribution in [0.15, 0.2) is 58.1 Å². The van der Waals surface area contributed by atoms with E-state index in [1.54, 1.807) is 11.0 Å². The maximum Gasteiger partial charge on any atom is 0.309 e. The molecule has 0 spiro atoms. The van der Waals surface area contributed by atoms with E-state index in [0.717, 1.165) is 17.1 Å². The van der Waals surface area contributed by atoms with Gasteiger partial charge in [-0.2, -0.15) is 0 Å². The van der Waals surface area contributed by atoms with Crippen molar-refractivity contribution < 1.29 is 18.7 Å². The Hall–Kier alpha value is -3.33.